The number of carboxylic acids is 2. The average molecular weight is 427 g/mol. The minimum absolute atomic E-state index is 0.164. The standard InChI is InChI=1S/C23H19F2NO5/c1-22(2)19(11-17(25)20(27)28)23(22,21(29)30)15(12-26)13-8-9-16(24)18(10-13)31-14-6-4-3-5-7-14/h3-11,15,19H,1-2H3,(H,27,28)(H,29,30)/t15-,19-,23+/m0/s1. The number of aliphatic carboxylic acids is 2. The molecule has 2 aromatic carbocycles. The SMILES string of the molecule is CC1(C)[C@H](C=C(F)C(=O)O)[C@@]1(C(=O)O)[C@@H](C#N)c1ccc(F)c(Oc2ccccc2)c1. The van der Waals surface area contributed by atoms with Crippen LogP contribution in [0.25, 0.3) is 0 Å². The predicted molar refractivity (Wildman–Crippen MR) is 105 cm³/mol. The Balaban J connectivity index is 2.07. The van der Waals surface area contributed by atoms with Gasteiger partial charge in [0.15, 0.2) is 11.6 Å². The van der Waals surface area contributed by atoms with Gasteiger partial charge in [-0.1, -0.05) is 38.1 Å². The number of carboxylic acid groups (broad SMARTS) is 2. The lowest BCUT2D eigenvalue weighted by Crippen LogP contribution is -2.29. The maximum Gasteiger partial charge on any atom is 0.364 e. The number of para-hydroxylation sites is 1. The molecule has 160 valence electrons. The molecule has 1 fully saturated rings. The molecule has 0 aromatic heterocycles. The van der Waals surface area contributed by atoms with Crippen molar-refractivity contribution in [3.63, 3.8) is 0 Å². The second-order valence-corrected chi connectivity index (χ2v) is 7.86. The summed E-state index contributed by atoms with van der Waals surface area (Å²) in [7, 11) is 0. The molecule has 1 aliphatic carbocycles. The molecule has 1 aliphatic rings. The lowest BCUT2D eigenvalue weighted by molar-refractivity contribution is -0.145. The lowest BCUT2D eigenvalue weighted by Gasteiger charge is -2.22. The van der Waals surface area contributed by atoms with E-state index in [0.717, 1.165) is 12.1 Å². The maximum atomic E-state index is 14.3. The highest BCUT2D eigenvalue weighted by atomic mass is 19.1. The first-order valence-corrected chi connectivity index (χ1v) is 9.33. The van der Waals surface area contributed by atoms with Crippen molar-refractivity contribution in [3.05, 3.63) is 71.8 Å². The van der Waals surface area contributed by atoms with Gasteiger partial charge in [0.25, 0.3) is 0 Å². The molecule has 0 heterocycles. The van der Waals surface area contributed by atoms with E-state index >= 15 is 0 Å². The van der Waals surface area contributed by atoms with Crippen LogP contribution in [-0.4, -0.2) is 22.2 Å². The summed E-state index contributed by atoms with van der Waals surface area (Å²) < 4.78 is 33.7. The van der Waals surface area contributed by atoms with Gasteiger partial charge >= 0.3 is 11.9 Å². The molecule has 3 atom stereocenters. The van der Waals surface area contributed by atoms with Gasteiger partial charge in [0.2, 0.25) is 5.83 Å². The number of halogens is 2. The van der Waals surface area contributed by atoms with Crippen LogP contribution in [0.3, 0.4) is 0 Å². The number of benzene rings is 2. The van der Waals surface area contributed by atoms with Crippen LogP contribution in [0.5, 0.6) is 11.5 Å². The average Bonchev–Trinajstić information content (AvgIpc) is 3.21. The largest absolute Gasteiger partial charge is 0.481 e. The number of nitrogens with zero attached hydrogens (tertiary/aromatic N) is 1. The van der Waals surface area contributed by atoms with Crippen molar-refractivity contribution in [2.45, 2.75) is 19.8 Å². The van der Waals surface area contributed by atoms with E-state index in [4.69, 9.17) is 9.84 Å². The first kappa shape index (κ1) is 22.0. The minimum atomic E-state index is -1.82. The van der Waals surface area contributed by atoms with Crippen molar-refractivity contribution in [1.29, 1.82) is 5.26 Å². The number of allylic oxidation sites excluding steroid dienone is 1. The molecule has 0 amide bonds. The summed E-state index contributed by atoms with van der Waals surface area (Å²) in [6, 6.07) is 13.9. The number of nitriles is 1. The van der Waals surface area contributed by atoms with Gasteiger partial charge in [-0.25, -0.2) is 9.18 Å². The Bertz CT molecular complexity index is 1110. The van der Waals surface area contributed by atoms with E-state index in [1.54, 1.807) is 30.3 Å². The number of hydrogen-bond acceptors (Lipinski definition) is 4. The summed E-state index contributed by atoms with van der Waals surface area (Å²) in [4.78, 5) is 23.2. The number of ether oxygens (including phenoxy) is 1. The lowest BCUT2D eigenvalue weighted by atomic mass is 9.78. The van der Waals surface area contributed by atoms with E-state index in [0.29, 0.717) is 5.75 Å². The maximum absolute atomic E-state index is 14.3. The molecule has 1 saturated carbocycles. The Hall–Kier alpha value is -3.73. The first-order valence-electron chi connectivity index (χ1n) is 9.33. The highest BCUT2D eigenvalue weighted by molar-refractivity contribution is 5.87. The summed E-state index contributed by atoms with van der Waals surface area (Å²) in [5.41, 5.74) is -2.78. The van der Waals surface area contributed by atoms with E-state index in [9.17, 15) is 28.7 Å². The predicted octanol–water partition coefficient (Wildman–Crippen LogP) is 4.89. The van der Waals surface area contributed by atoms with Crippen molar-refractivity contribution in [1.82, 2.24) is 0 Å². The minimum Gasteiger partial charge on any atom is -0.481 e. The topological polar surface area (TPSA) is 108 Å². The van der Waals surface area contributed by atoms with Crippen LogP contribution in [-0.2, 0) is 9.59 Å². The van der Waals surface area contributed by atoms with Gasteiger partial charge in [-0.2, -0.15) is 9.65 Å². The van der Waals surface area contributed by atoms with Gasteiger partial charge < -0.3 is 14.9 Å². The Morgan fingerprint density at radius 2 is 1.84 bits per heavy atom. The van der Waals surface area contributed by atoms with Crippen LogP contribution in [0.4, 0.5) is 8.78 Å². The second kappa shape index (κ2) is 7.84. The first-order chi connectivity index (χ1) is 14.6. The van der Waals surface area contributed by atoms with Crippen molar-refractivity contribution >= 4 is 11.9 Å². The molecule has 31 heavy (non-hydrogen) atoms. The van der Waals surface area contributed by atoms with Crippen LogP contribution in [0.1, 0.15) is 25.3 Å². The molecule has 3 rings (SSSR count). The third-order valence-electron chi connectivity index (χ3n) is 5.97. The van der Waals surface area contributed by atoms with Gasteiger partial charge in [-0.3, -0.25) is 4.79 Å². The zero-order valence-electron chi connectivity index (χ0n) is 16.7. The van der Waals surface area contributed by atoms with Crippen LogP contribution < -0.4 is 4.74 Å². The van der Waals surface area contributed by atoms with Crippen molar-refractivity contribution in [2.75, 3.05) is 0 Å². The third-order valence-corrected chi connectivity index (χ3v) is 5.97. The molecule has 2 N–H and O–H groups in total. The number of rotatable bonds is 7. The molecule has 6 nitrogen and oxygen atoms in total. The van der Waals surface area contributed by atoms with E-state index in [-0.39, 0.29) is 11.3 Å². The fourth-order valence-electron chi connectivity index (χ4n) is 4.31. The normalized spacial score (nSPS) is 22.8. The number of carbonyl (C=O) groups is 2. The Morgan fingerprint density at radius 1 is 1.19 bits per heavy atom. The van der Waals surface area contributed by atoms with Crippen LogP contribution in [0.15, 0.2) is 60.4 Å². The molecule has 0 spiro atoms. The zero-order chi connectivity index (χ0) is 23.0. The summed E-state index contributed by atoms with van der Waals surface area (Å²) in [6.45, 7) is 3.04. The van der Waals surface area contributed by atoms with Gasteiger partial charge in [-0.15, -0.1) is 0 Å². The molecule has 0 saturated heterocycles. The fraction of sp³-hybridized carbons (Fsp3) is 0.261. The van der Waals surface area contributed by atoms with E-state index in [2.05, 4.69) is 0 Å². The fourth-order valence-corrected chi connectivity index (χ4v) is 4.31. The van der Waals surface area contributed by atoms with E-state index in [1.807, 2.05) is 6.07 Å². The Labute approximate surface area is 177 Å². The van der Waals surface area contributed by atoms with Gasteiger partial charge in [0, 0.05) is 5.92 Å². The van der Waals surface area contributed by atoms with Gasteiger partial charge in [-0.05, 0) is 41.3 Å². The second-order valence-electron chi connectivity index (χ2n) is 7.86. The summed E-state index contributed by atoms with van der Waals surface area (Å²) >= 11 is 0. The van der Waals surface area contributed by atoms with Crippen molar-refractivity contribution in [2.24, 2.45) is 16.7 Å². The molecule has 8 heteroatoms. The molecule has 0 unspecified atom stereocenters. The highest BCUT2D eigenvalue weighted by Crippen LogP contribution is 2.75. The molecular weight excluding hydrogens is 408 g/mol. The molecule has 0 aliphatic heterocycles. The summed E-state index contributed by atoms with van der Waals surface area (Å²) in [5.74, 6) is -7.65. The quantitative estimate of drug-likeness (QED) is 0.609. The molecule has 2 aromatic rings. The van der Waals surface area contributed by atoms with Gasteiger partial charge in [0.1, 0.15) is 11.2 Å². The molecule has 0 radical (unpaired) electrons. The molecular formula is C23H19F2NO5. The van der Waals surface area contributed by atoms with Crippen LogP contribution in [0, 0.1) is 33.9 Å². The smallest absolute Gasteiger partial charge is 0.364 e. The molecule has 0 bridgehead atoms. The monoisotopic (exact) mass is 427 g/mol. The van der Waals surface area contributed by atoms with Crippen LogP contribution >= 0.6 is 0 Å². The summed E-state index contributed by atoms with van der Waals surface area (Å²) in [5, 5.41) is 28.7. The highest BCUT2D eigenvalue weighted by Gasteiger charge is 2.78. The van der Waals surface area contributed by atoms with E-state index < -0.39 is 46.2 Å². The number of hydrogen-bond donors (Lipinski definition) is 2. The Morgan fingerprint density at radius 3 is 2.39 bits per heavy atom. The Kier molecular flexibility index (Phi) is 5.55. The van der Waals surface area contributed by atoms with E-state index in [1.165, 1.54) is 26.0 Å². The van der Waals surface area contributed by atoms with Gasteiger partial charge in [0.05, 0.1) is 12.0 Å². The zero-order valence-corrected chi connectivity index (χ0v) is 16.7. The van der Waals surface area contributed by atoms with Crippen molar-refractivity contribution in [3.8, 4) is 17.6 Å². The third kappa shape index (κ3) is 3.52. The van der Waals surface area contributed by atoms with Crippen LogP contribution in [0.2, 0.25) is 0 Å². The van der Waals surface area contributed by atoms with Crippen molar-refractivity contribution < 1.29 is 33.3 Å². The summed E-state index contributed by atoms with van der Waals surface area (Å²) in [6.07, 6.45) is 0.728.